The number of thiazole rings is 1. The number of aromatic nitrogens is 1. The molecule has 0 spiro atoms. The Morgan fingerprint density at radius 2 is 1.89 bits per heavy atom. The molecule has 27 heavy (non-hydrogen) atoms. The first-order chi connectivity index (χ1) is 12.9. The van der Waals surface area contributed by atoms with Gasteiger partial charge in [0.1, 0.15) is 0 Å². The number of rotatable bonds is 5. The number of anilines is 1. The molecule has 0 aliphatic carbocycles. The molecule has 0 saturated carbocycles. The van der Waals surface area contributed by atoms with Crippen LogP contribution in [0.4, 0.5) is 5.13 Å². The van der Waals surface area contributed by atoms with Gasteiger partial charge in [0, 0.05) is 10.9 Å². The van der Waals surface area contributed by atoms with Crippen molar-refractivity contribution in [1.82, 2.24) is 4.98 Å². The highest BCUT2D eigenvalue weighted by Gasteiger charge is 2.21. The average molecular weight is 397 g/mol. The number of hydrogen-bond acceptors (Lipinski definition) is 6. The summed E-state index contributed by atoms with van der Waals surface area (Å²) in [5.41, 5.74) is 2.12. The van der Waals surface area contributed by atoms with Gasteiger partial charge in [-0.1, -0.05) is 31.2 Å². The van der Waals surface area contributed by atoms with Crippen molar-refractivity contribution in [3.63, 3.8) is 0 Å². The van der Waals surface area contributed by atoms with Crippen LogP contribution in [0.15, 0.2) is 58.8 Å². The molecule has 1 amide bonds. The maximum atomic E-state index is 12.6. The highest BCUT2D eigenvalue weighted by atomic mass is 32.2. The molecular formula is C19H15N3O3S2. The van der Waals surface area contributed by atoms with Gasteiger partial charge in [-0.25, -0.2) is 13.4 Å². The van der Waals surface area contributed by atoms with Gasteiger partial charge in [0.05, 0.1) is 33.5 Å². The molecule has 0 radical (unpaired) electrons. The maximum absolute atomic E-state index is 12.6. The van der Waals surface area contributed by atoms with Crippen molar-refractivity contribution in [2.45, 2.75) is 11.8 Å². The molecule has 3 rings (SSSR count). The van der Waals surface area contributed by atoms with Crippen LogP contribution in [0.25, 0.3) is 11.3 Å². The van der Waals surface area contributed by atoms with Gasteiger partial charge in [-0.05, 0) is 24.3 Å². The van der Waals surface area contributed by atoms with Crippen molar-refractivity contribution < 1.29 is 13.2 Å². The first kappa shape index (κ1) is 18.8. The topological polar surface area (TPSA) is 99.9 Å². The molecule has 0 aliphatic heterocycles. The Labute approximate surface area is 161 Å². The van der Waals surface area contributed by atoms with E-state index in [9.17, 15) is 13.2 Å². The van der Waals surface area contributed by atoms with Crippen LogP contribution in [-0.2, 0) is 9.84 Å². The molecule has 1 heterocycles. The Hall–Kier alpha value is -3.02. The third kappa shape index (κ3) is 4.05. The molecule has 0 fully saturated rings. The maximum Gasteiger partial charge on any atom is 0.258 e. The lowest BCUT2D eigenvalue weighted by atomic mass is 10.1. The normalized spacial score (nSPS) is 11.0. The van der Waals surface area contributed by atoms with Crippen LogP contribution in [0.2, 0.25) is 0 Å². The van der Waals surface area contributed by atoms with Gasteiger partial charge in [0.25, 0.3) is 5.91 Å². The van der Waals surface area contributed by atoms with Gasteiger partial charge in [-0.2, -0.15) is 5.26 Å². The van der Waals surface area contributed by atoms with Crippen LogP contribution in [0.5, 0.6) is 0 Å². The number of carbonyl (C=O) groups excluding carboxylic acids is 1. The lowest BCUT2D eigenvalue weighted by Crippen LogP contribution is -2.17. The quantitative estimate of drug-likeness (QED) is 0.707. The Morgan fingerprint density at radius 3 is 2.56 bits per heavy atom. The summed E-state index contributed by atoms with van der Waals surface area (Å²) in [6.07, 6.45) is 0. The van der Waals surface area contributed by atoms with E-state index in [2.05, 4.69) is 16.4 Å². The van der Waals surface area contributed by atoms with E-state index in [1.807, 2.05) is 0 Å². The summed E-state index contributed by atoms with van der Waals surface area (Å²) in [5.74, 6) is -0.611. The van der Waals surface area contributed by atoms with Crippen molar-refractivity contribution in [2.75, 3.05) is 11.1 Å². The second-order valence-corrected chi connectivity index (χ2v) is 8.69. The minimum absolute atomic E-state index is 0.00821. The number of nitrogens with one attached hydrogen (secondary N) is 1. The van der Waals surface area contributed by atoms with E-state index < -0.39 is 15.7 Å². The van der Waals surface area contributed by atoms with E-state index in [0.29, 0.717) is 16.4 Å². The fourth-order valence-corrected chi connectivity index (χ4v) is 4.23. The minimum atomic E-state index is -3.51. The number of sulfone groups is 1. The number of benzene rings is 2. The molecule has 8 heteroatoms. The first-order valence-electron chi connectivity index (χ1n) is 8.04. The van der Waals surface area contributed by atoms with Crippen molar-refractivity contribution in [1.29, 1.82) is 5.26 Å². The van der Waals surface area contributed by atoms with Crippen molar-refractivity contribution in [3.8, 4) is 17.3 Å². The Balaban J connectivity index is 1.84. The number of nitrogens with zero attached hydrogens (tertiary/aromatic N) is 2. The SMILES string of the molecule is CCS(=O)(=O)c1ccccc1C(=O)Nc1nc(-c2ccc(C#N)cc2)cs1. The largest absolute Gasteiger partial charge is 0.298 e. The summed E-state index contributed by atoms with van der Waals surface area (Å²) in [6.45, 7) is 1.54. The number of carbonyl (C=O) groups is 1. The molecule has 0 bridgehead atoms. The predicted molar refractivity (Wildman–Crippen MR) is 104 cm³/mol. The number of hydrogen-bond donors (Lipinski definition) is 1. The summed E-state index contributed by atoms with van der Waals surface area (Å²) in [6, 6.07) is 15.1. The van der Waals surface area contributed by atoms with Gasteiger partial charge in [-0.3, -0.25) is 10.1 Å². The highest BCUT2D eigenvalue weighted by Crippen LogP contribution is 2.26. The summed E-state index contributed by atoms with van der Waals surface area (Å²) >= 11 is 1.24. The molecule has 0 aliphatic rings. The fourth-order valence-electron chi connectivity index (χ4n) is 2.42. The second-order valence-electron chi connectivity index (χ2n) is 5.58. The summed E-state index contributed by atoms with van der Waals surface area (Å²) in [7, 11) is -3.51. The van der Waals surface area contributed by atoms with Gasteiger partial charge in [0.2, 0.25) is 0 Å². The summed E-state index contributed by atoms with van der Waals surface area (Å²) in [4.78, 5) is 17.0. The van der Waals surface area contributed by atoms with Crippen LogP contribution < -0.4 is 5.32 Å². The van der Waals surface area contributed by atoms with Crippen LogP contribution in [0.3, 0.4) is 0 Å². The Kier molecular flexibility index (Phi) is 5.35. The van der Waals surface area contributed by atoms with Crippen LogP contribution >= 0.6 is 11.3 Å². The van der Waals surface area contributed by atoms with Crippen molar-refractivity contribution in [2.24, 2.45) is 0 Å². The zero-order valence-electron chi connectivity index (χ0n) is 14.3. The Bertz CT molecular complexity index is 1130. The standard InChI is InChI=1S/C19H15N3O3S2/c1-2-27(24,25)17-6-4-3-5-15(17)18(23)22-19-21-16(12-26-19)14-9-7-13(11-20)8-10-14/h3-10,12H,2H2,1H3,(H,21,22,23). The van der Waals surface area contributed by atoms with E-state index in [4.69, 9.17) is 5.26 Å². The number of amides is 1. The van der Waals surface area contributed by atoms with Crippen LogP contribution in [-0.4, -0.2) is 25.1 Å². The second kappa shape index (κ2) is 7.70. The van der Waals surface area contributed by atoms with E-state index in [1.54, 1.807) is 41.8 Å². The zero-order chi connectivity index (χ0) is 19.4. The van der Waals surface area contributed by atoms with Gasteiger partial charge in [-0.15, -0.1) is 11.3 Å². The average Bonchev–Trinajstić information content (AvgIpc) is 3.16. The molecule has 0 unspecified atom stereocenters. The number of nitriles is 1. The third-order valence-corrected chi connectivity index (χ3v) is 6.43. The van der Waals surface area contributed by atoms with Crippen LogP contribution in [0.1, 0.15) is 22.8 Å². The smallest absolute Gasteiger partial charge is 0.258 e. The van der Waals surface area contributed by atoms with Crippen molar-refractivity contribution >= 4 is 32.2 Å². The van der Waals surface area contributed by atoms with Crippen molar-refractivity contribution in [3.05, 3.63) is 65.0 Å². The molecule has 0 saturated heterocycles. The lowest BCUT2D eigenvalue weighted by molar-refractivity contribution is 0.102. The van der Waals surface area contributed by atoms with Gasteiger partial charge in [0.15, 0.2) is 15.0 Å². The molecule has 3 aromatic rings. The lowest BCUT2D eigenvalue weighted by Gasteiger charge is -2.08. The Morgan fingerprint density at radius 1 is 1.19 bits per heavy atom. The molecule has 1 aromatic heterocycles. The molecule has 6 nitrogen and oxygen atoms in total. The first-order valence-corrected chi connectivity index (χ1v) is 10.6. The molecule has 2 aromatic carbocycles. The third-order valence-electron chi connectivity index (χ3n) is 3.88. The minimum Gasteiger partial charge on any atom is -0.298 e. The zero-order valence-corrected chi connectivity index (χ0v) is 16.0. The summed E-state index contributed by atoms with van der Waals surface area (Å²) in [5, 5.41) is 13.7. The predicted octanol–water partition coefficient (Wildman–Crippen LogP) is 3.73. The molecule has 1 N–H and O–H groups in total. The fraction of sp³-hybridized carbons (Fsp3) is 0.105. The highest BCUT2D eigenvalue weighted by molar-refractivity contribution is 7.91. The van der Waals surface area contributed by atoms with E-state index in [1.165, 1.54) is 30.4 Å². The van der Waals surface area contributed by atoms with Gasteiger partial charge < -0.3 is 0 Å². The molecule has 0 atom stereocenters. The van der Waals surface area contributed by atoms with Gasteiger partial charge >= 0.3 is 0 Å². The summed E-state index contributed by atoms with van der Waals surface area (Å²) < 4.78 is 24.4. The van der Waals surface area contributed by atoms with E-state index in [-0.39, 0.29) is 16.2 Å². The van der Waals surface area contributed by atoms with Crippen LogP contribution in [0, 0.1) is 11.3 Å². The molecular weight excluding hydrogens is 382 g/mol. The molecule has 136 valence electrons. The van der Waals surface area contributed by atoms with E-state index in [0.717, 1.165) is 5.56 Å². The monoisotopic (exact) mass is 397 g/mol. The van der Waals surface area contributed by atoms with E-state index >= 15 is 0 Å².